The van der Waals surface area contributed by atoms with E-state index in [0.29, 0.717) is 33.2 Å². The summed E-state index contributed by atoms with van der Waals surface area (Å²) in [6, 6.07) is 5.38. The molecule has 0 aromatic carbocycles. The minimum absolute atomic E-state index is 0.0774. The summed E-state index contributed by atoms with van der Waals surface area (Å²) < 4.78 is 9.34. The highest BCUT2D eigenvalue weighted by Crippen LogP contribution is 2.25. The van der Waals surface area contributed by atoms with Gasteiger partial charge in [-0.05, 0) is 41.1 Å². The summed E-state index contributed by atoms with van der Waals surface area (Å²) in [5.74, 6) is 0.865. The number of nitrogen functional groups attached to an aromatic ring is 1. The number of nitrogens with zero attached hydrogens (tertiary/aromatic N) is 4. The molecule has 3 aromatic heterocycles. The smallest absolute Gasteiger partial charge is 0.420 e. The zero-order valence-corrected chi connectivity index (χ0v) is 14.5. The Morgan fingerprint density at radius 2 is 2.33 bits per heavy atom. The standard InChI is InChI=1S/C16H15BrN5O2/c1-9-3-2-6-21(9)16(23)10-7-11(18)15-19-14(20-22(15)8-10)12-4-5-13(17)24-12/h4-9H,2-3,18H2,1H3/q+1. The molecular formula is C16H15BrN5O2+. The van der Waals surface area contributed by atoms with Crippen LogP contribution in [0.1, 0.15) is 30.1 Å². The predicted molar refractivity (Wildman–Crippen MR) is 92.2 cm³/mol. The number of hydrogen-bond donors (Lipinski definition) is 1. The molecule has 1 atom stereocenters. The second kappa shape index (κ2) is 5.55. The van der Waals surface area contributed by atoms with Gasteiger partial charge in [0.1, 0.15) is 11.8 Å². The molecule has 1 amide bonds. The minimum Gasteiger partial charge on any atom is -0.446 e. The molecule has 1 aliphatic heterocycles. The predicted octanol–water partition coefficient (Wildman–Crippen LogP) is 2.74. The van der Waals surface area contributed by atoms with Crippen molar-refractivity contribution in [3.05, 3.63) is 34.6 Å². The Bertz CT molecular complexity index is 988. The van der Waals surface area contributed by atoms with Crippen molar-refractivity contribution in [3.8, 4) is 11.6 Å². The summed E-state index contributed by atoms with van der Waals surface area (Å²) >= 11 is 3.25. The molecule has 0 spiro atoms. The Hall–Kier alpha value is -2.48. The molecule has 0 fully saturated rings. The molecule has 0 bridgehead atoms. The molecule has 1 unspecified atom stereocenters. The van der Waals surface area contributed by atoms with E-state index in [0.717, 1.165) is 12.8 Å². The topological polar surface area (TPSA) is 89.4 Å². The lowest BCUT2D eigenvalue weighted by Crippen LogP contribution is -2.26. The minimum atomic E-state index is -0.0774. The van der Waals surface area contributed by atoms with Crippen LogP contribution >= 0.6 is 15.9 Å². The van der Waals surface area contributed by atoms with Crippen molar-refractivity contribution in [1.82, 2.24) is 14.6 Å². The quantitative estimate of drug-likeness (QED) is 0.681. The molecule has 4 heterocycles. The van der Waals surface area contributed by atoms with Gasteiger partial charge in [0.2, 0.25) is 5.82 Å². The fraction of sp³-hybridized carbons (Fsp3) is 0.250. The van der Waals surface area contributed by atoms with E-state index < -0.39 is 0 Å². The Balaban J connectivity index is 1.78. The van der Waals surface area contributed by atoms with E-state index in [4.69, 9.17) is 10.2 Å². The van der Waals surface area contributed by atoms with Gasteiger partial charge in [-0.1, -0.05) is 0 Å². The highest BCUT2D eigenvalue weighted by atomic mass is 79.9. The van der Waals surface area contributed by atoms with E-state index in [1.54, 1.807) is 29.0 Å². The normalized spacial score (nSPS) is 17.4. The van der Waals surface area contributed by atoms with E-state index in [1.807, 2.05) is 13.1 Å². The van der Waals surface area contributed by atoms with Crippen LogP contribution in [-0.4, -0.2) is 37.3 Å². The van der Waals surface area contributed by atoms with Crippen LogP contribution in [0.25, 0.3) is 17.2 Å². The van der Waals surface area contributed by atoms with Gasteiger partial charge in [-0.15, -0.1) is 5.10 Å². The first kappa shape index (κ1) is 15.1. The molecule has 24 heavy (non-hydrogen) atoms. The van der Waals surface area contributed by atoms with Crippen molar-refractivity contribution in [2.45, 2.75) is 25.8 Å². The third kappa shape index (κ3) is 2.43. The van der Waals surface area contributed by atoms with Crippen molar-refractivity contribution in [2.75, 3.05) is 5.73 Å². The first-order valence-electron chi connectivity index (χ1n) is 7.60. The summed E-state index contributed by atoms with van der Waals surface area (Å²) in [5, 5.41) is 4.38. The maximum atomic E-state index is 12.7. The summed E-state index contributed by atoms with van der Waals surface area (Å²) in [4.78, 5) is 17.1. The van der Waals surface area contributed by atoms with Crippen LogP contribution < -0.4 is 5.73 Å². The van der Waals surface area contributed by atoms with Gasteiger partial charge in [0, 0.05) is 19.0 Å². The number of rotatable bonds is 2. The fourth-order valence-electron chi connectivity index (χ4n) is 2.87. The number of nitrogens with two attached hydrogens (primary N) is 1. The average molecular weight is 389 g/mol. The molecule has 3 aromatic rings. The lowest BCUT2D eigenvalue weighted by molar-refractivity contribution is -0.454. The third-order valence-electron chi connectivity index (χ3n) is 4.12. The van der Waals surface area contributed by atoms with Crippen molar-refractivity contribution < 1.29 is 13.8 Å². The zero-order chi connectivity index (χ0) is 16.8. The molecule has 1 aliphatic rings. The molecule has 0 radical (unpaired) electrons. The number of anilines is 1. The van der Waals surface area contributed by atoms with Gasteiger partial charge in [0.25, 0.3) is 0 Å². The Morgan fingerprint density at radius 3 is 3.00 bits per heavy atom. The van der Waals surface area contributed by atoms with Gasteiger partial charge >= 0.3 is 5.91 Å². The number of hydrogen-bond acceptors (Lipinski definition) is 5. The number of pyridine rings is 1. The number of carbonyl (C=O) groups excluding carboxylic acids is 1. The highest BCUT2D eigenvalue weighted by Gasteiger charge is 2.30. The van der Waals surface area contributed by atoms with Crippen molar-refractivity contribution in [3.63, 3.8) is 0 Å². The van der Waals surface area contributed by atoms with Crippen molar-refractivity contribution in [1.29, 1.82) is 0 Å². The Morgan fingerprint density at radius 1 is 1.50 bits per heavy atom. The summed E-state index contributed by atoms with van der Waals surface area (Å²) in [7, 11) is 0. The molecule has 2 N–H and O–H groups in total. The molecule has 122 valence electrons. The first-order valence-corrected chi connectivity index (χ1v) is 8.40. The summed E-state index contributed by atoms with van der Waals surface area (Å²) in [6.45, 7) is 2.03. The van der Waals surface area contributed by atoms with Gasteiger partial charge in [-0.3, -0.25) is 0 Å². The van der Waals surface area contributed by atoms with Crippen molar-refractivity contribution in [2.24, 2.45) is 0 Å². The maximum Gasteiger partial charge on any atom is 0.420 e. The molecule has 0 aliphatic carbocycles. The van der Waals surface area contributed by atoms with Gasteiger partial charge < -0.3 is 10.2 Å². The van der Waals surface area contributed by atoms with Crippen LogP contribution in [0.2, 0.25) is 0 Å². The van der Waals surface area contributed by atoms with Crippen LogP contribution in [0.5, 0.6) is 0 Å². The SMILES string of the molecule is CC1CCC=[N+]1C(=O)c1cc(N)c2nc(-c3ccc(Br)o3)nn2c1. The van der Waals surface area contributed by atoms with E-state index in [9.17, 15) is 4.79 Å². The van der Waals surface area contributed by atoms with Crippen LogP contribution in [0, 0.1) is 0 Å². The Kier molecular flexibility index (Phi) is 3.49. The number of fused-ring (bicyclic) bond motifs is 1. The number of furan rings is 1. The van der Waals surface area contributed by atoms with Gasteiger partial charge in [-0.2, -0.15) is 4.58 Å². The molecule has 4 rings (SSSR count). The number of amides is 1. The van der Waals surface area contributed by atoms with Gasteiger partial charge in [-0.25, -0.2) is 14.3 Å². The molecule has 0 saturated heterocycles. The van der Waals surface area contributed by atoms with Crippen LogP contribution in [0.4, 0.5) is 5.69 Å². The molecule has 8 heteroatoms. The van der Waals surface area contributed by atoms with E-state index >= 15 is 0 Å². The zero-order valence-electron chi connectivity index (χ0n) is 12.9. The van der Waals surface area contributed by atoms with Gasteiger partial charge in [0.15, 0.2) is 22.1 Å². The number of halogens is 1. The molecule has 7 nitrogen and oxygen atoms in total. The van der Waals surface area contributed by atoms with Gasteiger partial charge in [0.05, 0.1) is 5.69 Å². The van der Waals surface area contributed by atoms with Crippen molar-refractivity contribution >= 4 is 39.4 Å². The van der Waals surface area contributed by atoms with E-state index in [1.165, 1.54) is 4.52 Å². The lowest BCUT2D eigenvalue weighted by atomic mass is 10.2. The summed E-state index contributed by atoms with van der Waals surface area (Å²) in [5.41, 5.74) is 7.46. The fourth-order valence-corrected chi connectivity index (χ4v) is 3.18. The maximum absolute atomic E-state index is 12.7. The van der Waals surface area contributed by atoms with Crippen LogP contribution in [0.15, 0.2) is 33.5 Å². The monoisotopic (exact) mass is 388 g/mol. The molecular weight excluding hydrogens is 374 g/mol. The average Bonchev–Trinajstić information content (AvgIpc) is 3.25. The largest absolute Gasteiger partial charge is 0.446 e. The highest BCUT2D eigenvalue weighted by molar-refractivity contribution is 9.10. The summed E-state index contributed by atoms with van der Waals surface area (Å²) in [6.07, 6.45) is 5.47. The lowest BCUT2D eigenvalue weighted by Gasteiger charge is -2.04. The number of carbonyl (C=O) groups is 1. The second-order valence-corrected chi connectivity index (χ2v) is 6.59. The van der Waals surface area contributed by atoms with Crippen LogP contribution in [-0.2, 0) is 0 Å². The third-order valence-corrected chi connectivity index (χ3v) is 4.55. The van der Waals surface area contributed by atoms with Crippen LogP contribution in [0.3, 0.4) is 0 Å². The van der Waals surface area contributed by atoms with E-state index in [-0.39, 0.29) is 11.9 Å². The first-order chi connectivity index (χ1) is 11.5. The second-order valence-electron chi connectivity index (χ2n) is 5.81. The molecule has 0 saturated carbocycles. The Labute approximate surface area is 145 Å². The van der Waals surface area contributed by atoms with E-state index in [2.05, 4.69) is 26.0 Å². The number of aromatic nitrogens is 3.